The second kappa shape index (κ2) is 6.81. The van der Waals surface area contributed by atoms with Crippen molar-refractivity contribution in [2.45, 2.75) is 26.3 Å². The van der Waals surface area contributed by atoms with Gasteiger partial charge in [0.15, 0.2) is 0 Å². The van der Waals surface area contributed by atoms with E-state index in [0.717, 1.165) is 6.54 Å². The maximum atomic E-state index is 8.25. The molecule has 0 atom stereocenters. The molecule has 0 aromatic carbocycles. The van der Waals surface area contributed by atoms with E-state index in [-0.39, 0.29) is 0 Å². The molecule has 1 aromatic heterocycles. The molecule has 14 heavy (non-hydrogen) atoms. The zero-order valence-corrected chi connectivity index (χ0v) is 8.29. The number of unbranched alkanes of at least 4 members (excludes halogenated alkanes) is 1. The van der Waals surface area contributed by atoms with E-state index in [1.807, 2.05) is 29.0 Å². The van der Waals surface area contributed by atoms with Gasteiger partial charge in [-0.15, -0.1) is 4.68 Å². The minimum absolute atomic E-state index is 1.04. The van der Waals surface area contributed by atoms with E-state index < -0.39 is 5.09 Å². The van der Waals surface area contributed by atoms with Crippen LogP contribution in [0.5, 0.6) is 0 Å². The van der Waals surface area contributed by atoms with Gasteiger partial charge in [-0.05, 0) is 6.42 Å². The van der Waals surface area contributed by atoms with E-state index in [9.17, 15) is 0 Å². The van der Waals surface area contributed by atoms with Crippen LogP contribution in [0.2, 0.25) is 0 Å². The predicted molar refractivity (Wildman–Crippen MR) is 48.7 cm³/mol. The van der Waals surface area contributed by atoms with Crippen LogP contribution >= 0.6 is 0 Å². The summed E-state index contributed by atoms with van der Waals surface area (Å²) in [5.74, 6) is 0. The molecule has 1 aromatic rings. The van der Waals surface area contributed by atoms with Gasteiger partial charge in [0.1, 0.15) is 6.54 Å². The SMILES string of the molecule is CCCCn1c[n+](C)cn1.O=[N+]([O-])[O-]. The van der Waals surface area contributed by atoms with Crippen LogP contribution in [0, 0.1) is 15.3 Å². The number of rotatable bonds is 3. The van der Waals surface area contributed by atoms with E-state index in [4.69, 9.17) is 15.3 Å². The summed E-state index contributed by atoms with van der Waals surface area (Å²) in [5, 5.41) is 18.9. The van der Waals surface area contributed by atoms with Crippen molar-refractivity contribution in [1.82, 2.24) is 9.78 Å². The minimum atomic E-state index is -1.75. The monoisotopic (exact) mass is 202 g/mol. The zero-order valence-electron chi connectivity index (χ0n) is 8.29. The molecular formula is C7H14N4O3. The quantitative estimate of drug-likeness (QED) is 0.399. The van der Waals surface area contributed by atoms with Crippen molar-refractivity contribution in [2.75, 3.05) is 0 Å². The number of hydrogen-bond acceptors (Lipinski definition) is 4. The largest absolute Gasteiger partial charge is 0.356 e. The van der Waals surface area contributed by atoms with Crippen LogP contribution in [0.15, 0.2) is 12.7 Å². The third-order valence-electron chi connectivity index (χ3n) is 1.44. The Labute approximate surface area is 81.7 Å². The minimum Gasteiger partial charge on any atom is -0.356 e. The van der Waals surface area contributed by atoms with Gasteiger partial charge in [-0.3, -0.25) is 0 Å². The molecule has 0 fully saturated rings. The Bertz CT molecular complexity index is 270. The first-order valence-corrected chi connectivity index (χ1v) is 4.25. The van der Waals surface area contributed by atoms with Crippen LogP contribution < -0.4 is 4.57 Å². The van der Waals surface area contributed by atoms with E-state index in [1.54, 1.807) is 0 Å². The first-order valence-electron chi connectivity index (χ1n) is 4.25. The van der Waals surface area contributed by atoms with Crippen LogP contribution in [0.3, 0.4) is 0 Å². The van der Waals surface area contributed by atoms with Crippen LogP contribution in [0.1, 0.15) is 19.8 Å². The second-order valence-electron chi connectivity index (χ2n) is 2.75. The van der Waals surface area contributed by atoms with E-state index in [0.29, 0.717) is 0 Å². The molecule has 0 aliphatic heterocycles. The molecule has 0 amide bonds. The van der Waals surface area contributed by atoms with Crippen LogP contribution in [0.4, 0.5) is 0 Å². The first-order chi connectivity index (χ1) is 6.56. The van der Waals surface area contributed by atoms with Crippen molar-refractivity contribution in [2.24, 2.45) is 7.05 Å². The zero-order chi connectivity index (χ0) is 11.0. The third kappa shape index (κ3) is 7.01. The van der Waals surface area contributed by atoms with Crippen molar-refractivity contribution < 1.29 is 9.65 Å². The lowest BCUT2D eigenvalue weighted by molar-refractivity contribution is -0.672. The average Bonchev–Trinajstić information content (AvgIpc) is 2.47. The van der Waals surface area contributed by atoms with Gasteiger partial charge < -0.3 is 15.3 Å². The lowest BCUT2D eigenvalue weighted by atomic mass is 10.3. The van der Waals surface area contributed by atoms with Crippen molar-refractivity contribution in [3.8, 4) is 0 Å². The molecule has 0 N–H and O–H groups in total. The predicted octanol–water partition coefficient (Wildman–Crippen LogP) is 0.269. The van der Waals surface area contributed by atoms with Gasteiger partial charge in [-0.2, -0.15) is 0 Å². The summed E-state index contributed by atoms with van der Waals surface area (Å²) in [6.45, 7) is 3.22. The smallest absolute Gasteiger partial charge is 0.264 e. The van der Waals surface area contributed by atoms with Crippen molar-refractivity contribution in [3.05, 3.63) is 28.0 Å². The lowest BCUT2D eigenvalue weighted by Crippen LogP contribution is -2.23. The summed E-state index contributed by atoms with van der Waals surface area (Å²) in [6.07, 6.45) is 6.25. The Hall–Kier alpha value is -1.66. The average molecular weight is 202 g/mol. The third-order valence-corrected chi connectivity index (χ3v) is 1.44. The molecule has 1 heterocycles. The number of hydrogen-bond donors (Lipinski definition) is 0. The summed E-state index contributed by atoms with van der Waals surface area (Å²) in [7, 11) is 1.98. The first kappa shape index (κ1) is 12.3. The fraction of sp³-hybridized carbons (Fsp3) is 0.714. The lowest BCUT2D eigenvalue weighted by Gasteiger charge is -1.87. The number of nitrogens with zero attached hydrogens (tertiary/aromatic N) is 4. The van der Waals surface area contributed by atoms with Gasteiger partial charge in [-0.25, -0.2) is 4.57 Å². The van der Waals surface area contributed by atoms with E-state index in [2.05, 4.69) is 12.0 Å². The number of aromatic nitrogens is 3. The fourth-order valence-corrected chi connectivity index (χ4v) is 0.853. The maximum absolute atomic E-state index is 8.25. The molecule has 0 spiro atoms. The van der Waals surface area contributed by atoms with Crippen LogP contribution in [0.25, 0.3) is 0 Å². The van der Waals surface area contributed by atoms with Gasteiger partial charge in [0.2, 0.25) is 6.33 Å². The van der Waals surface area contributed by atoms with Crippen molar-refractivity contribution in [1.29, 1.82) is 0 Å². The Balaban J connectivity index is 0.000000364. The molecule has 0 bridgehead atoms. The highest BCUT2D eigenvalue weighted by Gasteiger charge is 1.99. The maximum Gasteiger partial charge on any atom is 0.264 e. The summed E-state index contributed by atoms with van der Waals surface area (Å²) in [5.41, 5.74) is 0. The molecule has 7 nitrogen and oxygen atoms in total. The molecule has 0 saturated heterocycles. The van der Waals surface area contributed by atoms with Crippen LogP contribution in [-0.4, -0.2) is 14.9 Å². The van der Waals surface area contributed by atoms with E-state index in [1.165, 1.54) is 12.8 Å². The highest BCUT2D eigenvalue weighted by molar-refractivity contribution is 4.45. The van der Waals surface area contributed by atoms with E-state index >= 15 is 0 Å². The highest BCUT2D eigenvalue weighted by Crippen LogP contribution is 1.89. The van der Waals surface area contributed by atoms with Crippen molar-refractivity contribution >= 4 is 0 Å². The fourth-order valence-electron chi connectivity index (χ4n) is 0.853. The summed E-state index contributed by atoms with van der Waals surface area (Å²) in [4.78, 5) is 8.25. The van der Waals surface area contributed by atoms with Gasteiger partial charge in [0.25, 0.3) is 6.33 Å². The molecule has 0 aliphatic carbocycles. The summed E-state index contributed by atoms with van der Waals surface area (Å²) >= 11 is 0. The highest BCUT2D eigenvalue weighted by atomic mass is 16.9. The summed E-state index contributed by atoms with van der Waals surface area (Å²) < 4.78 is 3.92. The second-order valence-corrected chi connectivity index (χ2v) is 2.75. The Morgan fingerprint density at radius 1 is 1.57 bits per heavy atom. The summed E-state index contributed by atoms with van der Waals surface area (Å²) in [6, 6.07) is 0. The van der Waals surface area contributed by atoms with Gasteiger partial charge in [0.05, 0.1) is 12.1 Å². The van der Waals surface area contributed by atoms with Crippen LogP contribution in [-0.2, 0) is 13.6 Å². The Morgan fingerprint density at radius 3 is 2.50 bits per heavy atom. The number of aryl methyl sites for hydroxylation is 2. The molecule has 80 valence electrons. The van der Waals surface area contributed by atoms with Gasteiger partial charge in [0, 0.05) is 5.10 Å². The normalized spacial score (nSPS) is 9.00. The molecule has 0 radical (unpaired) electrons. The standard InChI is InChI=1S/C7H14N3.NO3/c1-3-4-5-10-7-9(2)6-8-10;2-1(3)4/h6-7H,3-5H2,1-2H3;/q+1;-1. The Morgan fingerprint density at radius 2 is 2.14 bits per heavy atom. The molecule has 7 heteroatoms. The van der Waals surface area contributed by atoms with Crippen molar-refractivity contribution in [3.63, 3.8) is 0 Å². The molecule has 0 aliphatic rings. The molecular weight excluding hydrogens is 188 g/mol. The Kier molecular flexibility index (Phi) is 6.01. The van der Waals surface area contributed by atoms with Gasteiger partial charge >= 0.3 is 0 Å². The topological polar surface area (TPSA) is 87.9 Å². The molecule has 0 unspecified atom stereocenters. The molecule has 0 saturated carbocycles. The molecule has 1 rings (SSSR count). The van der Waals surface area contributed by atoms with Gasteiger partial charge in [-0.1, -0.05) is 13.3 Å².